The van der Waals surface area contributed by atoms with E-state index in [2.05, 4.69) is 4.98 Å². The van der Waals surface area contributed by atoms with E-state index in [4.69, 9.17) is 0 Å². The van der Waals surface area contributed by atoms with Crippen molar-refractivity contribution in [1.82, 2.24) is 18.8 Å². The van der Waals surface area contributed by atoms with Gasteiger partial charge in [-0.1, -0.05) is 0 Å². The number of nitro groups is 1. The number of fused-ring (bicyclic) bond motifs is 1. The Balaban J connectivity index is 1.81. The second-order valence-electron chi connectivity index (χ2n) is 6.98. The average molecular weight is 437 g/mol. The fourth-order valence-electron chi connectivity index (χ4n) is 3.39. The van der Waals surface area contributed by atoms with E-state index < -0.39 is 32.3 Å². The highest BCUT2D eigenvalue weighted by Crippen LogP contribution is 2.31. The molecule has 12 heteroatoms. The molecule has 4 rings (SSSR count). The van der Waals surface area contributed by atoms with E-state index in [9.17, 15) is 27.3 Å². The molecule has 0 atom stereocenters. The Morgan fingerprint density at radius 2 is 1.73 bits per heavy atom. The number of imidazole rings is 1. The van der Waals surface area contributed by atoms with Crippen LogP contribution < -0.4 is 0 Å². The number of nitro benzene ring substituents is 1. The van der Waals surface area contributed by atoms with Crippen molar-refractivity contribution in [3.05, 3.63) is 58.4 Å². The van der Waals surface area contributed by atoms with Crippen LogP contribution in [0.3, 0.4) is 0 Å². The number of aromatic nitrogens is 2. The van der Waals surface area contributed by atoms with E-state index in [0.29, 0.717) is 13.1 Å². The molecular weight excluding hydrogens is 420 g/mol. The lowest BCUT2D eigenvalue weighted by Crippen LogP contribution is -2.47. The molecule has 3 aromatic rings. The third-order valence-electron chi connectivity index (χ3n) is 5.09. The number of hydrogen-bond acceptors (Lipinski definition) is 6. The molecule has 1 aliphatic rings. The molecule has 0 unspecified atom stereocenters. The van der Waals surface area contributed by atoms with Gasteiger partial charge in [0.2, 0.25) is 10.0 Å². The highest BCUT2D eigenvalue weighted by Gasteiger charge is 2.30. The largest absolute Gasteiger partial charge is 0.304 e. The first-order valence-corrected chi connectivity index (χ1v) is 10.4. The van der Waals surface area contributed by atoms with Crippen LogP contribution in [0.1, 0.15) is 0 Å². The Bertz CT molecular complexity index is 1250. The second kappa shape index (κ2) is 7.38. The lowest BCUT2D eigenvalue weighted by Gasteiger charge is -2.31. The molecule has 0 saturated carbocycles. The van der Waals surface area contributed by atoms with E-state index in [1.165, 1.54) is 27.3 Å². The molecular formula is C18H17F2N5O4S. The molecule has 2 aromatic carbocycles. The zero-order chi connectivity index (χ0) is 21.6. The third kappa shape index (κ3) is 3.42. The molecule has 1 fully saturated rings. The summed E-state index contributed by atoms with van der Waals surface area (Å²) in [6.07, 6.45) is 1.19. The van der Waals surface area contributed by atoms with Crippen molar-refractivity contribution in [2.24, 2.45) is 0 Å². The van der Waals surface area contributed by atoms with Crippen molar-refractivity contribution in [3.8, 4) is 5.69 Å². The van der Waals surface area contributed by atoms with Crippen molar-refractivity contribution >= 4 is 26.7 Å². The first-order valence-electron chi connectivity index (χ1n) is 8.98. The van der Waals surface area contributed by atoms with Crippen LogP contribution in [0.25, 0.3) is 16.7 Å². The first kappa shape index (κ1) is 20.3. The monoisotopic (exact) mass is 437 g/mol. The smallest absolute Gasteiger partial charge is 0.294 e. The fourth-order valence-corrected chi connectivity index (χ4v) is 4.83. The van der Waals surface area contributed by atoms with Crippen LogP contribution in [0, 0.1) is 21.7 Å². The summed E-state index contributed by atoms with van der Waals surface area (Å²) in [5, 5.41) is 11.7. The van der Waals surface area contributed by atoms with Gasteiger partial charge in [-0.25, -0.2) is 22.2 Å². The van der Waals surface area contributed by atoms with E-state index in [1.807, 2.05) is 11.9 Å². The summed E-state index contributed by atoms with van der Waals surface area (Å²) in [4.78, 5) is 16.7. The number of halogens is 2. The van der Waals surface area contributed by atoms with E-state index >= 15 is 0 Å². The van der Waals surface area contributed by atoms with Crippen molar-refractivity contribution < 1.29 is 22.1 Å². The maximum absolute atomic E-state index is 13.7. The number of sulfonamides is 1. The number of rotatable bonds is 4. The normalized spacial score (nSPS) is 16.2. The Morgan fingerprint density at radius 1 is 1.07 bits per heavy atom. The minimum Gasteiger partial charge on any atom is -0.304 e. The van der Waals surface area contributed by atoms with Gasteiger partial charge in [-0.2, -0.15) is 4.31 Å². The molecule has 1 aliphatic heterocycles. The predicted molar refractivity (Wildman–Crippen MR) is 104 cm³/mol. The second-order valence-corrected chi connectivity index (χ2v) is 8.92. The van der Waals surface area contributed by atoms with E-state index in [-0.39, 0.29) is 34.7 Å². The van der Waals surface area contributed by atoms with E-state index in [1.54, 1.807) is 0 Å². The zero-order valence-corrected chi connectivity index (χ0v) is 16.6. The van der Waals surface area contributed by atoms with Gasteiger partial charge in [0.05, 0.1) is 20.9 Å². The molecule has 1 saturated heterocycles. The molecule has 0 aliphatic carbocycles. The van der Waals surface area contributed by atoms with Crippen molar-refractivity contribution in [3.63, 3.8) is 0 Å². The van der Waals surface area contributed by atoms with Gasteiger partial charge in [-0.3, -0.25) is 14.7 Å². The first-order chi connectivity index (χ1) is 14.2. The Morgan fingerprint density at radius 3 is 2.40 bits per heavy atom. The van der Waals surface area contributed by atoms with Crippen molar-refractivity contribution in [1.29, 1.82) is 0 Å². The molecule has 158 valence electrons. The van der Waals surface area contributed by atoms with Crippen LogP contribution >= 0.6 is 0 Å². The van der Waals surface area contributed by atoms with Crippen LogP contribution in [0.5, 0.6) is 0 Å². The van der Waals surface area contributed by atoms with Gasteiger partial charge >= 0.3 is 0 Å². The van der Waals surface area contributed by atoms with E-state index in [0.717, 1.165) is 18.2 Å². The maximum Gasteiger partial charge on any atom is 0.294 e. The summed E-state index contributed by atoms with van der Waals surface area (Å²) >= 11 is 0. The standard InChI is InChI=1S/C18H17F2N5O4S/c1-22-4-6-23(7-5-22)30(28,29)12-2-3-16(18(8-12)25(26)27)24-11-21-15-9-13(19)14(20)10-17(15)24/h2-3,8-11H,4-7H2,1H3. The van der Waals surface area contributed by atoms with Gasteiger partial charge in [0, 0.05) is 44.4 Å². The van der Waals surface area contributed by atoms with Gasteiger partial charge < -0.3 is 4.90 Å². The Kier molecular flexibility index (Phi) is 5.00. The van der Waals surface area contributed by atoms with Gasteiger partial charge in [-0.05, 0) is 19.2 Å². The van der Waals surface area contributed by atoms with Gasteiger partial charge in [0.15, 0.2) is 11.6 Å². The minimum absolute atomic E-state index is 0.00849. The highest BCUT2D eigenvalue weighted by atomic mass is 32.2. The molecule has 1 aromatic heterocycles. The number of nitrogens with zero attached hydrogens (tertiary/aromatic N) is 5. The minimum atomic E-state index is -3.91. The fraction of sp³-hybridized carbons (Fsp3) is 0.278. The average Bonchev–Trinajstić information content (AvgIpc) is 3.10. The third-order valence-corrected chi connectivity index (χ3v) is 6.99. The zero-order valence-electron chi connectivity index (χ0n) is 15.8. The summed E-state index contributed by atoms with van der Waals surface area (Å²) in [6.45, 7) is 1.68. The lowest BCUT2D eigenvalue weighted by atomic mass is 10.2. The van der Waals surface area contributed by atoms with Crippen molar-refractivity contribution in [2.45, 2.75) is 4.90 Å². The number of benzene rings is 2. The van der Waals surface area contributed by atoms with Gasteiger partial charge in [0.25, 0.3) is 5.69 Å². The molecule has 0 radical (unpaired) electrons. The molecule has 0 N–H and O–H groups in total. The number of hydrogen-bond donors (Lipinski definition) is 0. The highest BCUT2D eigenvalue weighted by molar-refractivity contribution is 7.89. The number of piperazine rings is 1. The van der Waals surface area contributed by atoms with Crippen LogP contribution in [-0.2, 0) is 10.0 Å². The van der Waals surface area contributed by atoms with Crippen LogP contribution in [0.2, 0.25) is 0 Å². The molecule has 0 spiro atoms. The maximum atomic E-state index is 13.7. The summed E-state index contributed by atoms with van der Waals surface area (Å²) in [6, 6.07) is 5.29. The molecule has 30 heavy (non-hydrogen) atoms. The predicted octanol–water partition coefficient (Wildman–Crippen LogP) is 2.15. The topological polar surface area (TPSA) is 102 Å². The van der Waals surface area contributed by atoms with Crippen LogP contribution in [0.4, 0.5) is 14.5 Å². The SMILES string of the molecule is CN1CCN(S(=O)(=O)c2ccc(-n3cnc4cc(F)c(F)cc43)c([N+](=O)[O-])c2)CC1. The summed E-state index contributed by atoms with van der Waals surface area (Å²) in [5.41, 5.74) is -0.274. The summed E-state index contributed by atoms with van der Waals surface area (Å²) in [5.74, 6) is -2.21. The number of likely N-dealkylation sites (N-methyl/N-ethyl adjacent to an activating group) is 1. The van der Waals surface area contributed by atoms with Crippen LogP contribution in [0.15, 0.2) is 41.6 Å². The van der Waals surface area contributed by atoms with Gasteiger partial charge in [-0.15, -0.1) is 0 Å². The Labute approximate surface area is 170 Å². The van der Waals surface area contributed by atoms with Crippen molar-refractivity contribution in [2.75, 3.05) is 33.2 Å². The van der Waals surface area contributed by atoms with Gasteiger partial charge in [0.1, 0.15) is 12.0 Å². The molecule has 0 amide bonds. The molecule has 2 heterocycles. The lowest BCUT2D eigenvalue weighted by molar-refractivity contribution is -0.384. The van der Waals surface area contributed by atoms with Crippen LogP contribution in [-0.4, -0.2) is 65.3 Å². The Hall–Kier alpha value is -2.96. The quantitative estimate of drug-likeness (QED) is 0.458. The summed E-state index contributed by atoms with van der Waals surface area (Å²) in [7, 11) is -2.03. The molecule has 9 nitrogen and oxygen atoms in total. The molecule has 0 bridgehead atoms. The summed E-state index contributed by atoms with van der Waals surface area (Å²) < 4.78 is 55.5.